The Morgan fingerprint density at radius 3 is 2.68 bits per heavy atom. The number of nitrogens with one attached hydrogen (secondary N) is 2. The van der Waals surface area contributed by atoms with Crippen molar-refractivity contribution in [3.05, 3.63) is 30.7 Å². The number of pyridine rings is 1. The van der Waals surface area contributed by atoms with Gasteiger partial charge >= 0.3 is 0 Å². The minimum atomic E-state index is 0.269. The lowest BCUT2D eigenvalue weighted by molar-refractivity contribution is -0.127. The Bertz CT molecular complexity index is 1030. The molecule has 3 aromatic rings. The second-order valence-corrected chi connectivity index (χ2v) is 7.91. The number of hydrogen-bond donors (Lipinski definition) is 2. The van der Waals surface area contributed by atoms with Gasteiger partial charge in [0.25, 0.3) is 0 Å². The molecule has 1 amide bonds. The van der Waals surface area contributed by atoms with Gasteiger partial charge in [0.1, 0.15) is 17.7 Å². The summed E-state index contributed by atoms with van der Waals surface area (Å²) < 4.78 is 0. The van der Waals surface area contributed by atoms with E-state index < -0.39 is 0 Å². The van der Waals surface area contributed by atoms with Crippen molar-refractivity contribution in [3.8, 4) is 0 Å². The zero-order chi connectivity index (χ0) is 21.0. The molecule has 2 aliphatic rings. The third-order valence-corrected chi connectivity index (χ3v) is 5.90. The standard InChI is InChI=1S/C21H27N9O/c31-17-6-3-9-29(17)10-4-8-23-19-18-20(25-15-24-19)27-21(26-18)30-13-11-28(12-14-30)16-5-1-2-7-22-16/h1-2,5,7,15H,3-4,6,8-14H2,(H2,23,24,25,26,27). The fourth-order valence-corrected chi connectivity index (χ4v) is 4.21. The summed E-state index contributed by atoms with van der Waals surface area (Å²) >= 11 is 0. The molecular weight excluding hydrogens is 394 g/mol. The Hall–Kier alpha value is -3.43. The van der Waals surface area contributed by atoms with Gasteiger partial charge in [0.05, 0.1) is 0 Å². The molecule has 0 radical (unpaired) electrons. The van der Waals surface area contributed by atoms with Crippen LogP contribution in [0.15, 0.2) is 30.7 Å². The van der Waals surface area contributed by atoms with Gasteiger partial charge in [0.15, 0.2) is 11.5 Å². The normalized spacial score (nSPS) is 17.0. The van der Waals surface area contributed by atoms with E-state index in [1.165, 1.54) is 6.33 Å². The molecule has 2 saturated heterocycles. The number of hydrogen-bond acceptors (Lipinski definition) is 8. The molecule has 5 rings (SSSR count). The van der Waals surface area contributed by atoms with Crippen LogP contribution in [0, 0.1) is 0 Å². The molecule has 0 aromatic carbocycles. The summed E-state index contributed by atoms with van der Waals surface area (Å²) in [6, 6.07) is 6.00. The van der Waals surface area contributed by atoms with Crippen molar-refractivity contribution in [1.82, 2.24) is 29.8 Å². The number of piperazine rings is 1. The Morgan fingerprint density at radius 1 is 1.03 bits per heavy atom. The van der Waals surface area contributed by atoms with E-state index in [-0.39, 0.29) is 5.91 Å². The number of fused-ring (bicyclic) bond motifs is 1. The first-order valence-electron chi connectivity index (χ1n) is 10.9. The molecule has 0 atom stereocenters. The Balaban J connectivity index is 1.20. The summed E-state index contributed by atoms with van der Waals surface area (Å²) in [5.41, 5.74) is 1.48. The Kier molecular flexibility index (Phi) is 5.51. The first-order chi connectivity index (χ1) is 15.3. The van der Waals surface area contributed by atoms with Crippen molar-refractivity contribution in [2.24, 2.45) is 0 Å². The monoisotopic (exact) mass is 421 g/mol. The van der Waals surface area contributed by atoms with Gasteiger partial charge in [-0.3, -0.25) is 4.79 Å². The minimum absolute atomic E-state index is 0.269. The predicted octanol–water partition coefficient (Wildman–Crippen LogP) is 1.50. The molecular formula is C21H27N9O. The van der Waals surface area contributed by atoms with E-state index in [0.29, 0.717) is 12.1 Å². The van der Waals surface area contributed by atoms with Gasteiger partial charge in [-0.1, -0.05) is 6.07 Å². The highest BCUT2D eigenvalue weighted by molar-refractivity contribution is 5.84. The molecule has 5 heterocycles. The van der Waals surface area contributed by atoms with E-state index in [4.69, 9.17) is 0 Å². The second kappa shape index (κ2) is 8.75. The highest BCUT2D eigenvalue weighted by atomic mass is 16.2. The molecule has 0 bridgehead atoms. The van der Waals surface area contributed by atoms with E-state index in [1.807, 2.05) is 29.3 Å². The molecule has 0 aliphatic carbocycles. The topological polar surface area (TPSA) is 106 Å². The second-order valence-electron chi connectivity index (χ2n) is 7.91. The maximum absolute atomic E-state index is 11.7. The predicted molar refractivity (Wildman–Crippen MR) is 119 cm³/mol. The highest BCUT2D eigenvalue weighted by Gasteiger charge is 2.22. The zero-order valence-corrected chi connectivity index (χ0v) is 17.5. The van der Waals surface area contributed by atoms with Crippen molar-refractivity contribution in [1.29, 1.82) is 0 Å². The summed E-state index contributed by atoms with van der Waals surface area (Å²) in [4.78, 5) is 39.5. The molecule has 2 N–H and O–H groups in total. The van der Waals surface area contributed by atoms with Crippen molar-refractivity contribution in [3.63, 3.8) is 0 Å². The largest absolute Gasteiger partial charge is 0.368 e. The summed E-state index contributed by atoms with van der Waals surface area (Å²) in [6.45, 7) is 5.91. The molecule has 0 spiro atoms. The third-order valence-electron chi connectivity index (χ3n) is 5.90. The number of aromatic nitrogens is 5. The molecule has 10 nitrogen and oxygen atoms in total. The molecule has 31 heavy (non-hydrogen) atoms. The van der Waals surface area contributed by atoms with E-state index in [9.17, 15) is 4.79 Å². The number of imidazole rings is 1. The zero-order valence-electron chi connectivity index (χ0n) is 17.5. The van der Waals surface area contributed by atoms with Crippen LogP contribution in [-0.2, 0) is 4.79 Å². The van der Waals surface area contributed by atoms with Crippen LogP contribution in [0.3, 0.4) is 0 Å². The number of rotatable bonds is 7. The summed E-state index contributed by atoms with van der Waals surface area (Å²) in [5.74, 6) is 2.86. The van der Waals surface area contributed by atoms with Gasteiger partial charge in [0.2, 0.25) is 11.9 Å². The number of H-pyrrole nitrogens is 1. The van der Waals surface area contributed by atoms with Crippen LogP contribution in [0.1, 0.15) is 19.3 Å². The quantitative estimate of drug-likeness (QED) is 0.553. The van der Waals surface area contributed by atoms with E-state index >= 15 is 0 Å². The van der Waals surface area contributed by atoms with Gasteiger partial charge < -0.3 is 25.0 Å². The first kappa shape index (κ1) is 19.5. The Morgan fingerprint density at radius 2 is 1.90 bits per heavy atom. The van der Waals surface area contributed by atoms with Gasteiger partial charge in [-0.25, -0.2) is 15.0 Å². The fraction of sp³-hybridized carbons (Fsp3) is 0.476. The lowest BCUT2D eigenvalue weighted by Gasteiger charge is -2.35. The average molecular weight is 422 g/mol. The maximum atomic E-state index is 11.7. The van der Waals surface area contributed by atoms with Crippen LogP contribution in [0.4, 0.5) is 17.6 Å². The number of nitrogens with zero attached hydrogens (tertiary/aromatic N) is 7. The molecule has 162 valence electrons. The van der Waals surface area contributed by atoms with Gasteiger partial charge in [-0.15, -0.1) is 0 Å². The van der Waals surface area contributed by atoms with Crippen LogP contribution in [0.2, 0.25) is 0 Å². The number of aromatic amines is 1. The van der Waals surface area contributed by atoms with Crippen molar-refractivity contribution in [2.45, 2.75) is 19.3 Å². The Labute approximate surface area is 180 Å². The van der Waals surface area contributed by atoms with E-state index in [0.717, 1.165) is 81.8 Å². The molecule has 10 heteroatoms. The summed E-state index contributed by atoms with van der Waals surface area (Å²) in [6.07, 6.45) is 5.92. The van der Waals surface area contributed by atoms with Crippen LogP contribution in [0.25, 0.3) is 11.2 Å². The number of carbonyl (C=O) groups is 1. The smallest absolute Gasteiger partial charge is 0.222 e. The number of amides is 1. The highest BCUT2D eigenvalue weighted by Crippen LogP contribution is 2.23. The third kappa shape index (κ3) is 4.23. The van der Waals surface area contributed by atoms with Crippen molar-refractivity contribution >= 4 is 34.7 Å². The molecule has 0 saturated carbocycles. The lowest BCUT2D eigenvalue weighted by Crippen LogP contribution is -2.47. The SMILES string of the molecule is O=C1CCCN1CCCNc1ncnc2nc(N3CCN(c4ccccn4)CC3)[nH]c12. The molecule has 0 unspecified atom stereocenters. The van der Waals surface area contributed by atoms with Gasteiger partial charge in [-0.2, -0.15) is 4.98 Å². The van der Waals surface area contributed by atoms with Crippen LogP contribution in [-0.4, -0.2) is 81.5 Å². The van der Waals surface area contributed by atoms with Crippen LogP contribution < -0.4 is 15.1 Å². The number of carbonyl (C=O) groups excluding carboxylic acids is 1. The van der Waals surface area contributed by atoms with Gasteiger partial charge in [-0.05, 0) is 25.0 Å². The minimum Gasteiger partial charge on any atom is -0.368 e. The summed E-state index contributed by atoms with van der Waals surface area (Å²) in [5, 5.41) is 3.38. The van der Waals surface area contributed by atoms with Crippen molar-refractivity contribution in [2.75, 3.05) is 60.9 Å². The maximum Gasteiger partial charge on any atom is 0.222 e. The number of anilines is 3. The lowest BCUT2D eigenvalue weighted by atomic mass is 10.3. The fourth-order valence-electron chi connectivity index (χ4n) is 4.21. The van der Waals surface area contributed by atoms with Crippen LogP contribution in [0.5, 0.6) is 0 Å². The van der Waals surface area contributed by atoms with E-state index in [2.05, 4.69) is 40.0 Å². The average Bonchev–Trinajstić information content (AvgIpc) is 3.44. The molecule has 2 fully saturated rings. The van der Waals surface area contributed by atoms with Crippen LogP contribution >= 0.6 is 0 Å². The number of likely N-dealkylation sites (tertiary alicyclic amines) is 1. The molecule has 3 aromatic heterocycles. The summed E-state index contributed by atoms with van der Waals surface area (Å²) in [7, 11) is 0. The first-order valence-corrected chi connectivity index (χ1v) is 10.9. The van der Waals surface area contributed by atoms with E-state index in [1.54, 1.807) is 0 Å². The molecule has 2 aliphatic heterocycles. The van der Waals surface area contributed by atoms with Gasteiger partial charge in [0, 0.05) is 58.4 Å². The van der Waals surface area contributed by atoms with Crippen molar-refractivity contribution < 1.29 is 4.79 Å².